The minimum Gasteiger partial charge on any atom is -0.461 e. The molecule has 0 aliphatic heterocycles. The Morgan fingerprint density at radius 3 is 2.68 bits per heavy atom. The van der Waals surface area contributed by atoms with Crippen molar-refractivity contribution in [1.82, 2.24) is 9.97 Å². The van der Waals surface area contributed by atoms with E-state index in [0.29, 0.717) is 16.9 Å². The lowest BCUT2D eigenvalue weighted by Gasteiger charge is -2.00. The SMILES string of the molecule is CCCCOC(=O)c1nc(N=Nc2ccc(Br)cc2)[nH]c1Br. The van der Waals surface area contributed by atoms with Gasteiger partial charge in [0.15, 0.2) is 5.69 Å². The number of aromatic nitrogens is 2. The minimum atomic E-state index is -0.485. The van der Waals surface area contributed by atoms with Gasteiger partial charge < -0.3 is 9.72 Å². The number of hydrogen-bond donors (Lipinski definition) is 1. The van der Waals surface area contributed by atoms with Crippen LogP contribution in [0, 0.1) is 0 Å². The fraction of sp³-hybridized carbons (Fsp3) is 0.286. The third kappa shape index (κ3) is 4.74. The van der Waals surface area contributed by atoms with Crippen molar-refractivity contribution in [2.45, 2.75) is 19.8 Å². The van der Waals surface area contributed by atoms with Gasteiger partial charge in [-0.1, -0.05) is 29.3 Å². The molecule has 0 saturated heterocycles. The highest BCUT2D eigenvalue weighted by molar-refractivity contribution is 9.10. The highest BCUT2D eigenvalue weighted by Gasteiger charge is 2.17. The fourth-order valence-corrected chi connectivity index (χ4v) is 2.21. The van der Waals surface area contributed by atoms with Gasteiger partial charge in [0.25, 0.3) is 0 Å². The smallest absolute Gasteiger partial charge is 0.359 e. The van der Waals surface area contributed by atoms with E-state index in [4.69, 9.17) is 4.74 Å². The van der Waals surface area contributed by atoms with Gasteiger partial charge in [-0.2, -0.15) is 0 Å². The first-order valence-corrected chi connectivity index (χ1v) is 8.28. The summed E-state index contributed by atoms with van der Waals surface area (Å²) >= 11 is 6.58. The molecule has 1 aromatic heterocycles. The van der Waals surface area contributed by atoms with E-state index in [1.807, 2.05) is 31.2 Å². The number of hydrogen-bond acceptors (Lipinski definition) is 5. The van der Waals surface area contributed by atoms with E-state index in [0.717, 1.165) is 17.3 Å². The Labute approximate surface area is 144 Å². The van der Waals surface area contributed by atoms with Crippen LogP contribution in [0.25, 0.3) is 0 Å². The van der Waals surface area contributed by atoms with Gasteiger partial charge >= 0.3 is 5.97 Å². The van der Waals surface area contributed by atoms with Gasteiger partial charge in [0.05, 0.1) is 12.3 Å². The Morgan fingerprint density at radius 1 is 1.27 bits per heavy atom. The highest BCUT2D eigenvalue weighted by Crippen LogP contribution is 2.22. The summed E-state index contributed by atoms with van der Waals surface area (Å²) in [6.45, 7) is 2.41. The second kappa shape index (κ2) is 8.19. The number of azo groups is 1. The maximum atomic E-state index is 11.9. The maximum Gasteiger partial charge on any atom is 0.359 e. The number of carbonyl (C=O) groups is 1. The Balaban J connectivity index is 2.05. The molecule has 0 saturated carbocycles. The van der Waals surface area contributed by atoms with Crippen molar-refractivity contribution in [1.29, 1.82) is 0 Å². The molecule has 6 nitrogen and oxygen atoms in total. The van der Waals surface area contributed by atoms with Crippen molar-refractivity contribution in [2.75, 3.05) is 6.61 Å². The van der Waals surface area contributed by atoms with Crippen LogP contribution in [0.3, 0.4) is 0 Å². The Bertz CT molecular complexity index is 668. The van der Waals surface area contributed by atoms with Gasteiger partial charge in [-0.25, -0.2) is 9.78 Å². The lowest BCUT2D eigenvalue weighted by atomic mass is 10.3. The van der Waals surface area contributed by atoms with Crippen molar-refractivity contribution in [2.24, 2.45) is 10.2 Å². The lowest BCUT2D eigenvalue weighted by Crippen LogP contribution is -2.07. The topological polar surface area (TPSA) is 79.7 Å². The largest absolute Gasteiger partial charge is 0.461 e. The summed E-state index contributed by atoms with van der Waals surface area (Å²) in [6.07, 6.45) is 1.78. The standard InChI is InChI=1S/C14H14Br2N4O2/c1-2-3-8-22-13(21)11-12(16)18-14(17-11)20-19-10-6-4-9(15)5-7-10/h4-7H,2-3,8H2,1H3,(H,17,18). The van der Waals surface area contributed by atoms with Gasteiger partial charge in [0, 0.05) is 4.47 Å². The van der Waals surface area contributed by atoms with Crippen LogP contribution in [0.4, 0.5) is 11.6 Å². The molecule has 1 aromatic carbocycles. The molecular formula is C14H14Br2N4O2. The summed E-state index contributed by atoms with van der Waals surface area (Å²) in [6, 6.07) is 7.35. The molecule has 0 spiro atoms. The molecule has 8 heteroatoms. The normalized spacial score (nSPS) is 11.0. The number of esters is 1. The molecule has 1 heterocycles. The molecule has 0 atom stereocenters. The van der Waals surface area contributed by atoms with Gasteiger partial charge in [-0.3, -0.25) is 0 Å². The monoisotopic (exact) mass is 428 g/mol. The van der Waals surface area contributed by atoms with Crippen molar-refractivity contribution < 1.29 is 9.53 Å². The number of H-pyrrole nitrogens is 1. The third-order valence-electron chi connectivity index (χ3n) is 2.66. The molecule has 22 heavy (non-hydrogen) atoms. The summed E-state index contributed by atoms with van der Waals surface area (Å²) in [5, 5.41) is 8.02. The van der Waals surface area contributed by atoms with E-state index in [-0.39, 0.29) is 11.6 Å². The number of nitrogens with zero attached hydrogens (tertiary/aromatic N) is 3. The third-order valence-corrected chi connectivity index (χ3v) is 3.76. The summed E-state index contributed by atoms with van der Waals surface area (Å²) in [4.78, 5) is 18.8. The molecule has 0 bridgehead atoms. The van der Waals surface area contributed by atoms with Crippen molar-refractivity contribution in [3.63, 3.8) is 0 Å². The number of unbranched alkanes of at least 4 members (excludes halogenated alkanes) is 1. The predicted octanol–water partition coefficient (Wildman–Crippen LogP) is 5.31. The van der Waals surface area contributed by atoms with E-state index in [9.17, 15) is 4.79 Å². The van der Waals surface area contributed by atoms with Crippen molar-refractivity contribution in [3.8, 4) is 0 Å². The number of ether oxygens (including phenoxy) is 1. The summed E-state index contributed by atoms with van der Waals surface area (Å²) in [7, 11) is 0. The van der Waals surface area contributed by atoms with Crippen LogP contribution in [-0.4, -0.2) is 22.5 Å². The number of nitrogens with one attached hydrogen (secondary N) is 1. The molecule has 2 rings (SSSR count). The first-order valence-electron chi connectivity index (χ1n) is 6.70. The van der Waals surface area contributed by atoms with Crippen LogP contribution in [0.15, 0.2) is 43.6 Å². The second-order valence-corrected chi connectivity index (χ2v) is 6.10. The number of halogens is 2. The molecule has 116 valence electrons. The number of aromatic amines is 1. The zero-order valence-corrected chi connectivity index (χ0v) is 15.0. The predicted molar refractivity (Wildman–Crippen MR) is 89.8 cm³/mol. The van der Waals surface area contributed by atoms with E-state index in [1.165, 1.54) is 0 Å². The average molecular weight is 430 g/mol. The number of benzene rings is 1. The highest BCUT2D eigenvalue weighted by atomic mass is 79.9. The second-order valence-electron chi connectivity index (χ2n) is 4.39. The van der Waals surface area contributed by atoms with E-state index in [1.54, 1.807) is 0 Å². The number of rotatable bonds is 6. The van der Waals surface area contributed by atoms with E-state index >= 15 is 0 Å². The summed E-state index contributed by atoms with van der Waals surface area (Å²) in [5.41, 5.74) is 0.851. The molecular weight excluding hydrogens is 416 g/mol. The van der Waals surface area contributed by atoms with Gasteiger partial charge in [0.2, 0.25) is 5.95 Å². The molecule has 0 aliphatic carbocycles. The Hall–Kier alpha value is -1.54. The number of carbonyl (C=O) groups excluding carboxylic acids is 1. The van der Waals surface area contributed by atoms with Crippen molar-refractivity contribution >= 4 is 49.5 Å². The Kier molecular flexibility index (Phi) is 6.26. The van der Waals surface area contributed by atoms with Crippen LogP contribution in [0.5, 0.6) is 0 Å². The van der Waals surface area contributed by atoms with Crippen LogP contribution >= 0.6 is 31.9 Å². The van der Waals surface area contributed by atoms with Gasteiger partial charge in [0.1, 0.15) is 4.60 Å². The fourth-order valence-electron chi connectivity index (χ4n) is 1.51. The molecule has 2 aromatic rings. The van der Waals surface area contributed by atoms with E-state index in [2.05, 4.69) is 52.1 Å². The molecule has 0 radical (unpaired) electrons. The minimum absolute atomic E-state index is 0.167. The first-order chi connectivity index (χ1) is 10.6. The van der Waals surface area contributed by atoms with Crippen LogP contribution in [0.1, 0.15) is 30.3 Å². The molecule has 0 aliphatic rings. The lowest BCUT2D eigenvalue weighted by molar-refractivity contribution is 0.0492. The van der Waals surface area contributed by atoms with Gasteiger partial charge in [-0.05, 0) is 46.6 Å². The van der Waals surface area contributed by atoms with Crippen molar-refractivity contribution in [3.05, 3.63) is 39.0 Å². The number of imidazole rings is 1. The van der Waals surface area contributed by atoms with E-state index < -0.39 is 5.97 Å². The average Bonchev–Trinajstić information content (AvgIpc) is 2.88. The zero-order valence-electron chi connectivity index (χ0n) is 11.8. The van der Waals surface area contributed by atoms with Gasteiger partial charge in [-0.15, -0.1) is 10.2 Å². The molecule has 0 unspecified atom stereocenters. The molecule has 0 amide bonds. The molecule has 1 N–H and O–H groups in total. The quantitative estimate of drug-likeness (QED) is 0.384. The Morgan fingerprint density at radius 2 is 2.00 bits per heavy atom. The van der Waals surface area contributed by atoms with Crippen LogP contribution in [-0.2, 0) is 4.74 Å². The van der Waals surface area contributed by atoms with Crippen LogP contribution in [0.2, 0.25) is 0 Å². The summed E-state index contributed by atoms with van der Waals surface area (Å²) in [5.74, 6) is -0.251. The molecule has 0 fully saturated rings. The van der Waals surface area contributed by atoms with Crippen LogP contribution < -0.4 is 0 Å². The first kappa shape index (κ1) is 16.8. The maximum absolute atomic E-state index is 11.9. The zero-order chi connectivity index (χ0) is 15.9. The summed E-state index contributed by atoms with van der Waals surface area (Å²) < 4.78 is 6.50.